The average Bonchev–Trinajstić information content (AvgIpc) is 3.38. The van der Waals surface area contributed by atoms with Gasteiger partial charge in [-0.2, -0.15) is 4.31 Å². The van der Waals surface area contributed by atoms with Crippen LogP contribution in [0, 0.1) is 17.6 Å². The Hall–Kier alpha value is -3.46. The molecule has 2 aliphatic rings. The zero-order valence-corrected chi connectivity index (χ0v) is 25.5. The van der Waals surface area contributed by atoms with Crippen molar-refractivity contribution >= 4 is 27.8 Å². The van der Waals surface area contributed by atoms with Crippen molar-refractivity contribution in [2.24, 2.45) is 5.92 Å². The highest BCUT2D eigenvalue weighted by Gasteiger charge is 2.40. The van der Waals surface area contributed by atoms with E-state index in [2.05, 4.69) is 10.6 Å². The second kappa shape index (κ2) is 14.5. The molecule has 11 nitrogen and oxygen atoms in total. The zero-order valence-electron chi connectivity index (χ0n) is 24.7. The fraction of sp³-hybridized carbons (Fsp3) is 0.500. The zero-order chi connectivity index (χ0) is 32.0. The number of rotatable bonds is 12. The van der Waals surface area contributed by atoms with Crippen molar-refractivity contribution in [2.75, 3.05) is 39.8 Å². The van der Waals surface area contributed by atoms with Crippen molar-refractivity contribution in [3.05, 3.63) is 65.2 Å². The summed E-state index contributed by atoms with van der Waals surface area (Å²) in [5.74, 6) is -3.80. The molecule has 2 unspecified atom stereocenters. The number of nitrogens with one attached hydrogen (secondary N) is 2. The van der Waals surface area contributed by atoms with E-state index in [1.807, 2.05) is 6.92 Å². The number of nitrogens with zero attached hydrogens (tertiary/aromatic N) is 2. The first kappa shape index (κ1) is 33.4. The molecule has 4 rings (SSSR count). The summed E-state index contributed by atoms with van der Waals surface area (Å²) in [6.45, 7) is 2.69. The quantitative estimate of drug-likeness (QED) is 0.297. The highest BCUT2D eigenvalue weighted by molar-refractivity contribution is 7.89. The van der Waals surface area contributed by atoms with Gasteiger partial charge < -0.3 is 25.4 Å². The number of hydrogen-bond acceptors (Lipinski definition) is 8. The summed E-state index contributed by atoms with van der Waals surface area (Å²) >= 11 is 0. The molecule has 14 heteroatoms. The number of benzene rings is 2. The normalized spacial score (nSPS) is 20.8. The summed E-state index contributed by atoms with van der Waals surface area (Å²) in [4.78, 5) is 39.5. The summed E-state index contributed by atoms with van der Waals surface area (Å²) in [5.41, 5.74) is 0.0363. The average molecular weight is 637 g/mol. The van der Waals surface area contributed by atoms with E-state index in [0.29, 0.717) is 12.6 Å². The van der Waals surface area contributed by atoms with Crippen LogP contribution in [0.25, 0.3) is 0 Å². The van der Waals surface area contributed by atoms with E-state index < -0.39 is 57.6 Å². The van der Waals surface area contributed by atoms with E-state index >= 15 is 0 Å². The third-order valence-electron chi connectivity index (χ3n) is 7.98. The van der Waals surface area contributed by atoms with Crippen LogP contribution < -0.4 is 10.6 Å². The van der Waals surface area contributed by atoms with Crippen molar-refractivity contribution < 1.29 is 41.4 Å². The highest BCUT2D eigenvalue weighted by atomic mass is 32.2. The van der Waals surface area contributed by atoms with Gasteiger partial charge in [0.05, 0.1) is 35.6 Å². The maximum atomic E-state index is 14.0. The second-order valence-electron chi connectivity index (χ2n) is 11.1. The van der Waals surface area contributed by atoms with Crippen LogP contribution in [0.4, 0.5) is 8.78 Å². The monoisotopic (exact) mass is 636 g/mol. The minimum atomic E-state index is -4.21. The first-order valence-corrected chi connectivity index (χ1v) is 16.0. The predicted molar refractivity (Wildman–Crippen MR) is 156 cm³/mol. The molecule has 0 saturated carbocycles. The smallest absolute Gasteiger partial charge is 0.339 e. The molecule has 3 N–H and O–H groups in total. The Bertz CT molecular complexity index is 1450. The number of amides is 2. The van der Waals surface area contributed by atoms with Gasteiger partial charge in [-0.1, -0.05) is 25.5 Å². The van der Waals surface area contributed by atoms with E-state index in [1.165, 1.54) is 24.3 Å². The molecule has 0 aliphatic carbocycles. The number of carbonyl (C=O) groups is 3. The van der Waals surface area contributed by atoms with Gasteiger partial charge in [-0.25, -0.2) is 22.0 Å². The topological polar surface area (TPSA) is 145 Å². The number of halogens is 2. The number of aliphatic hydroxyl groups excluding tert-OH is 1. The molecule has 44 heavy (non-hydrogen) atoms. The summed E-state index contributed by atoms with van der Waals surface area (Å²) < 4.78 is 61.2. The van der Waals surface area contributed by atoms with E-state index in [4.69, 9.17) is 4.74 Å². The molecule has 2 heterocycles. The van der Waals surface area contributed by atoms with E-state index in [0.717, 1.165) is 36.4 Å². The molecule has 2 saturated heterocycles. The number of ether oxygens (including phenoxy) is 1. The number of piperazine rings is 1. The SMILES string of the molecule is CCCCN1CC(C(=O)NC(Cc2cc(F)cc(F)c2)[C@H](O)[C@H]2CN(S(=O)(=O)c3ccccc3C(=O)OC)CCN2)CC1=O. The fourth-order valence-corrected chi connectivity index (χ4v) is 7.29. The lowest BCUT2D eigenvalue weighted by molar-refractivity contribution is -0.129. The molecular weight excluding hydrogens is 598 g/mol. The molecule has 2 aromatic rings. The predicted octanol–water partition coefficient (Wildman–Crippen LogP) is 1.45. The van der Waals surface area contributed by atoms with Gasteiger partial charge in [0.15, 0.2) is 0 Å². The minimum Gasteiger partial charge on any atom is -0.465 e. The minimum absolute atomic E-state index is 0.000258. The van der Waals surface area contributed by atoms with Crippen LogP contribution in [0.1, 0.15) is 42.1 Å². The lowest BCUT2D eigenvalue weighted by atomic mass is 9.94. The van der Waals surface area contributed by atoms with Crippen molar-refractivity contribution in [3.63, 3.8) is 0 Å². The van der Waals surface area contributed by atoms with E-state index in [9.17, 15) is 36.7 Å². The van der Waals surface area contributed by atoms with Crippen molar-refractivity contribution in [3.8, 4) is 0 Å². The van der Waals surface area contributed by atoms with E-state index in [-0.39, 0.29) is 61.0 Å². The Morgan fingerprint density at radius 1 is 1.16 bits per heavy atom. The third-order valence-corrected chi connectivity index (χ3v) is 9.90. The van der Waals surface area contributed by atoms with Gasteiger partial charge >= 0.3 is 5.97 Å². The number of hydrogen-bond donors (Lipinski definition) is 3. The number of aliphatic hydroxyl groups is 1. The summed E-state index contributed by atoms with van der Waals surface area (Å²) in [7, 11) is -3.07. The number of esters is 1. The summed E-state index contributed by atoms with van der Waals surface area (Å²) in [6, 6.07) is 6.53. The molecule has 2 amide bonds. The molecule has 0 radical (unpaired) electrons. The van der Waals surface area contributed by atoms with Gasteiger partial charge in [0.25, 0.3) is 0 Å². The Morgan fingerprint density at radius 3 is 2.55 bits per heavy atom. The van der Waals surface area contributed by atoms with Crippen LogP contribution in [0.2, 0.25) is 0 Å². The Balaban J connectivity index is 1.56. The van der Waals surface area contributed by atoms with Crippen LogP contribution in [-0.2, 0) is 30.8 Å². The molecule has 0 spiro atoms. The number of likely N-dealkylation sites (tertiary alicyclic amines) is 1. The molecule has 2 aromatic carbocycles. The summed E-state index contributed by atoms with van der Waals surface area (Å²) in [5, 5.41) is 17.4. The van der Waals surface area contributed by atoms with Crippen LogP contribution in [0.3, 0.4) is 0 Å². The number of sulfonamides is 1. The van der Waals surface area contributed by atoms with Gasteiger partial charge in [0.1, 0.15) is 11.6 Å². The molecule has 0 aromatic heterocycles. The molecule has 2 fully saturated rings. The van der Waals surface area contributed by atoms with Crippen molar-refractivity contribution in [1.82, 2.24) is 19.8 Å². The van der Waals surface area contributed by atoms with Gasteiger partial charge in [0.2, 0.25) is 21.8 Å². The van der Waals surface area contributed by atoms with Crippen LogP contribution in [-0.4, -0.2) is 98.5 Å². The molecule has 0 bridgehead atoms. The number of unbranched alkanes of at least 4 members (excludes halogenated alkanes) is 1. The van der Waals surface area contributed by atoms with E-state index in [1.54, 1.807) is 4.90 Å². The third kappa shape index (κ3) is 7.78. The molecule has 4 atom stereocenters. The number of carbonyl (C=O) groups excluding carboxylic acids is 3. The maximum absolute atomic E-state index is 14.0. The van der Waals surface area contributed by atoms with Crippen molar-refractivity contribution in [2.45, 2.75) is 55.7 Å². The first-order valence-electron chi connectivity index (χ1n) is 14.6. The van der Waals surface area contributed by atoms with Gasteiger partial charge in [-0.05, 0) is 42.7 Å². The fourth-order valence-electron chi connectivity index (χ4n) is 5.64. The van der Waals surface area contributed by atoms with Crippen LogP contribution in [0.15, 0.2) is 47.4 Å². The lowest BCUT2D eigenvalue weighted by Gasteiger charge is -2.38. The number of methoxy groups -OCH3 is 1. The maximum Gasteiger partial charge on any atom is 0.339 e. The standard InChI is InChI=1S/C30H38F2N4O7S/c1-3-4-10-35-17-20(15-27(35)37)29(39)34-24(14-19-12-21(31)16-22(32)13-19)28(38)25-18-36(11-9-33-25)44(41,42)26-8-6-5-7-23(26)30(40)43-2/h5-8,12-13,16,20,24-25,28,33,38H,3-4,9-11,14-15,17-18H2,1-2H3,(H,34,39)/t20?,24?,25-,28+/m1/s1. The van der Waals surface area contributed by atoms with Gasteiger partial charge in [-0.15, -0.1) is 0 Å². The first-order chi connectivity index (χ1) is 20.9. The van der Waals surface area contributed by atoms with Gasteiger partial charge in [-0.3, -0.25) is 9.59 Å². The molecule has 2 aliphatic heterocycles. The summed E-state index contributed by atoms with van der Waals surface area (Å²) in [6.07, 6.45) is 0.100. The van der Waals surface area contributed by atoms with Gasteiger partial charge in [0, 0.05) is 51.3 Å². The Labute approximate surface area is 255 Å². The van der Waals surface area contributed by atoms with Crippen LogP contribution >= 0.6 is 0 Å². The Morgan fingerprint density at radius 2 is 1.86 bits per heavy atom. The Kier molecular flexibility index (Phi) is 11.1. The highest BCUT2D eigenvalue weighted by Crippen LogP contribution is 2.24. The van der Waals surface area contributed by atoms with Crippen molar-refractivity contribution in [1.29, 1.82) is 0 Å². The van der Waals surface area contributed by atoms with Crippen LogP contribution in [0.5, 0.6) is 0 Å². The molecular formula is C30H38F2N4O7S. The largest absolute Gasteiger partial charge is 0.465 e. The lowest BCUT2D eigenvalue weighted by Crippen LogP contribution is -2.62. The second-order valence-corrected chi connectivity index (χ2v) is 13.0. The molecule has 240 valence electrons.